The van der Waals surface area contributed by atoms with E-state index in [0.717, 1.165) is 37.3 Å². The monoisotopic (exact) mass is 580 g/mol. The number of nitrogens with one attached hydrogen (secondary N) is 1. The van der Waals surface area contributed by atoms with Crippen molar-refractivity contribution in [2.75, 3.05) is 43.5 Å². The molecule has 4 heterocycles. The highest BCUT2D eigenvalue weighted by atomic mass is 19.1. The van der Waals surface area contributed by atoms with Crippen LogP contribution in [-0.2, 0) is 6.42 Å². The number of halogens is 2. The van der Waals surface area contributed by atoms with Gasteiger partial charge in [-0.3, -0.25) is 4.79 Å². The molecule has 1 aliphatic heterocycles. The van der Waals surface area contributed by atoms with Crippen molar-refractivity contribution in [3.63, 3.8) is 0 Å². The van der Waals surface area contributed by atoms with Gasteiger partial charge in [0.15, 0.2) is 5.82 Å². The summed E-state index contributed by atoms with van der Waals surface area (Å²) in [5, 5.41) is 21.6. The number of hydrogen-bond donors (Lipinski definition) is 3. The van der Waals surface area contributed by atoms with Crippen LogP contribution in [0.25, 0.3) is 11.0 Å². The van der Waals surface area contributed by atoms with Crippen LogP contribution in [0.3, 0.4) is 0 Å². The summed E-state index contributed by atoms with van der Waals surface area (Å²) in [5.74, 6) is -0.987. The molecule has 13 heteroatoms. The number of aromatic nitrogens is 5. The van der Waals surface area contributed by atoms with Gasteiger partial charge in [-0.1, -0.05) is 13.3 Å². The van der Waals surface area contributed by atoms with Crippen molar-refractivity contribution in [2.24, 2.45) is 0 Å². The van der Waals surface area contributed by atoms with Gasteiger partial charge in [0.25, 0.3) is 5.91 Å². The third kappa shape index (κ3) is 6.16. The average Bonchev–Trinajstić information content (AvgIpc) is 3.35. The number of aryl methyl sites for hydroxylation is 1. The van der Waals surface area contributed by atoms with Crippen LogP contribution < -0.4 is 10.2 Å². The molecule has 0 unspecified atom stereocenters. The molecule has 1 fully saturated rings. The van der Waals surface area contributed by atoms with Gasteiger partial charge < -0.3 is 29.9 Å². The van der Waals surface area contributed by atoms with Crippen LogP contribution in [0.4, 0.5) is 26.2 Å². The lowest BCUT2D eigenvalue weighted by Crippen LogP contribution is -2.35. The largest absolute Gasteiger partial charge is 0.394 e. The summed E-state index contributed by atoms with van der Waals surface area (Å²) in [4.78, 5) is 33.5. The van der Waals surface area contributed by atoms with Crippen LogP contribution in [-0.4, -0.2) is 84.9 Å². The summed E-state index contributed by atoms with van der Waals surface area (Å²) in [6.07, 6.45) is 8.82. The summed E-state index contributed by atoms with van der Waals surface area (Å²) in [7, 11) is 1.44. The van der Waals surface area contributed by atoms with Crippen LogP contribution >= 0.6 is 0 Å². The SMILES string of the molecule is CCCc1cnc(N2CCC(n3cc(F)c4c(Nc5ccc(C(=O)N(C)C[C@H](O)CO)cc5F)ncnc43)CC2)nc1. The number of aliphatic hydroxyl groups is 2. The van der Waals surface area contributed by atoms with E-state index >= 15 is 8.78 Å². The molecule has 1 aromatic carbocycles. The van der Waals surface area contributed by atoms with E-state index in [1.807, 2.05) is 17.0 Å². The Morgan fingerprint density at radius 2 is 1.88 bits per heavy atom. The molecule has 1 amide bonds. The van der Waals surface area contributed by atoms with Crippen LogP contribution in [0, 0.1) is 11.6 Å². The summed E-state index contributed by atoms with van der Waals surface area (Å²) in [6.45, 7) is 2.93. The van der Waals surface area contributed by atoms with Gasteiger partial charge in [-0.25, -0.2) is 28.7 Å². The number of anilines is 3. The first-order valence-electron chi connectivity index (χ1n) is 14.0. The van der Waals surface area contributed by atoms with Crippen molar-refractivity contribution < 1.29 is 23.8 Å². The first kappa shape index (κ1) is 29.3. The van der Waals surface area contributed by atoms with Gasteiger partial charge in [0.1, 0.15) is 23.6 Å². The number of aliphatic hydroxyl groups excluding tert-OH is 2. The number of carbonyl (C=O) groups excluding carboxylic acids is 1. The standard InChI is InChI=1S/C29H34F2N8O3/c1-3-4-18-12-32-29(33-13-18)38-9-7-20(8-10-38)39-15-23(31)25-26(34-17-35-27(25)39)36-24-6-5-19(11-22(24)30)28(42)37(2)14-21(41)16-40/h5-6,11-13,15,17,20-21,40-41H,3-4,7-10,14,16H2,1-2H3,(H,34,35,36)/t21-/m0/s1. The van der Waals surface area contributed by atoms with E-state index in [2.05, 4.69) is 37.1 Å². The van der Waals surface area contributed by atoms with Gasteiger partial charge in [-0.05, 0) is 43.0 Å². The molecule has 3 aromatic heterocycles. The second kappa shape index (κ2) is 12.7. The number of hydrogen-bond acceptors (Lipinski definition) is 9. The summed E-state index contributed by atoms with van der Waals surface area (Å²) >= 11 is 0. The summed E-state index contributed by atoms with van der Waals surface area (Å²) < 4.78 is 32.2. The first-order valence-corrected chi connectivity index (χ1v) is 14.0. The van der Waals surface area contributed by atoms with Gasteiger partial charge >= 0.3 is 0 Å². The highest BCUT2D eigenvalue weighted by Gasteiger charge is 2.26. The maximum Gasteiger partial charge on any atom is 0.253 e. The number of carbonyl (C=O) groups is 1. The number of nitrogens with zero attached hydrogens (tertiary/aromatic N) is 7. The van der Waals surface area contributed by atoms with Crippen molar-refractivity contribution in [1.82, 2.24) is 29.4 Å². The van der Waals surface area contributed by atoms with Crippen molar-refractivity contribution in [3.05, 3.63) is 65.9 Å². The van der Waals surface area contributed by atoms with E-state index in [9.17, 15) is 9.90 Å². The van der Waals surface area contributed by atoms with Crippen molar-refractivity contribution in [2.45, 2.75) is 44.8 Å². The van der Waals surface area contributed by atoms with E-state index in [-0.39, 0.29) is 35.0 Å². The summed E-state index contributed by atoms with van der Waals surface area (Å²) in [5.41, 5.74) is 1.58. The van der Waals surface area contributed by atoms with Gasteiger partial charge in [-0.15, -0.1) is 0 Å². The highest BCUT2D eigenvalue weighted by molar-refractivity contribution is 5.95. The molecule has 1 aliphatic rings. The molecule has 0 saturated carbocycles. The Hall–Kier alpha value is -4.23. The molecule has 5 rings (SSSR count). The molecule has 0 spiro atoms. The van der Waals surface area contributed by atoms with Crippen molar-refractivity contribution in [3.8, 4) is 0 Å². The fraction of sp³-hybridized carbons (Fsp3) is 0.414. The predicted octanol–water partition coefficient (Wildman–Crippen LogP) is 3.46. The van der Waals surface area contributed by atoms with Crippen molar-refractivity contribution >= 4 is 34.4 Å². The van der Waals surface area contributed by atoms with Crippen molar-refractivity contribution in [1.29, 1.82) is 0 Å². The predicted molar refractivity (Wildman–Crippen MR) is 154 cm³/mol. The molecule has 0 bridgehead atoms. The number of benzene rings is 1. The number of amides is 1. The molecule has 4 aromatic rings. The first-order chi connectivity index (χ1) is 20.3. The van der Waals surface area contributed by atoms with Gasteiger partial charge in [-0.2, -0.15) is 0 Å². The minimum absolute atomic E-state index is 0.00117. The van der Waals surface area contributed by atoms with E-state index in [1.165, 1.54) is 36.6 Å². The second-order valence-corrected chi connectivity index (χ2v) is 10.5. The smallest absolute Gasteiger partial charge is 0.253 e. The lowest BCUT2D eigenvalue weighted by molar-refractivity contribution is 0.0520. The van der Waals surface area contributed by atoms with Crippen LogP contribution in [0.1, 0.15) is 48.1 Å². The number of piperidine rings is 1. The molecular formula is C29H34F2N8O3. The molecular weight excluding hydrogens is 546 g/mol. The topological polar surface area (TPSA) is 133 Å². The Morgan fingerprint density at radius 3 is 2.55 bits per heavy atom. The molecule has 1 saturated heterocycles. The zero-order chi connectivity index (χ0) is 29.8. The Labute approximate surface area is 241 Å². The van der Waals surface area contributed by atoms with E-state index in [4.69, 9.17) is 5.11 Å². The number of likely N-dealkylation sites (N-methyl/N-ethyl adjacent to an activating group) is 1. The Kier molecular flexibility index (Phi) is 8.88. The van der Waals surface area contributed by atoms with Gasteiger partial charge in [0.05, 0.1) is 23.8 Å². The minimum atomic E-state index is -1.10. The Bertz CT molecular complexity index is 1540. The van der Waals surface area contributed by atoms with Crippen LogP contribution in [0.2, 0.25) is 0 Å². The molecule has 42 heavy (non-hydrogen) atoms. The molecule has 3 N–H and O–H groups in total. The zero-order valence-electron chi connectivity index (χ0n) is 23.5. The van der Waals surface area contributed by atoms with Crippen LogP contribution in [0.15, 0.2) is 43.1 Å². The fourth-order valence-corrected chi connectivity index (χ4v) is 5.24. The molecule has 1 atom stereocenters. The van der Waals surface area contributed by atoms with E-state index < -0.39 is 30.3 Å². The maximum atomic E-state index is 15.3. The van der Waals surface area contributed by atoms with Gasteiger partial charge in [0, 0.05) is 56.9 Å². The van der Waals surface area contributed by atoms with E-state index in [1.54, 1.807) is 0 Å². The molecule has 0 aliphatic carbocycles. The second-order valence-electron chi connectivity index (χ2n) is 10.5. The lowest BCUT2D eigenvalue weighted by atomic mass is 10.1. The Morgan fingerprint density at radius 1 is 1.14 bits per heavy atom. The lowest BCUT2D eigenvalue weighted by Gasteiger charge is -2.32. The zero-order valence-corrected chi connectivity index (χ0v) is 23.5. The number of fused-ring (bicyclic) bond motifs is 1. The quantitative estimate of drug-likeness (QED) is 0.258. The maximum absolute atomic E-state index is 15.3. The normalized spacial score (nSPS) is 14.8. The molecule has 222 valence electrons. The van der Waals surface area contributed by atoms with Crippen LogP contribution in [0.5, 0.6) is 0 Å². The number of rotatable bonds is 10. The third-order valence-corrected chi connectivity index (χ3v) is 7.45. The van der Waals surface area contributed by atoms with Gasteiger partial charge in [0.2, 0.25) is 5.95 Å². The fourth-order valence-electron chi connectivity index (χ4n) is 5.24. The molecule has 0 radical (unpaired) electrons. The third-order valence-electron chi connectivity index (χ3n) is 7.45. The Balaban J connectivity index is 1.30. The highest BCUT2D eigenvalue weighted by Crippen LogP contribution is 2.33. The average molecular weight is 581 g/mol. The van der Waals surface area contributed by atoms with E-state index in [0.29, 0.717) is 24.7 Å². The molecule has 11 nitrogen and oxygen atoms in total. The summed E-state index contributed by atoms with van der Waals surface area (Å²) in [6, 6.07) is 3.85. The minimum Gasteiger partial charge on any atom is -0.394 e.